The van der Waals surface area contributed by atoms with E-state index >= 15 is 0 Å². The first-order valence-electron chi connectivity index (χ1n) is 7.23. The van der Waals surface area contributed by atoms with E-state index < -0.39 is 0 Å². The molecule has 2 rings (SSSR count). The fraction of sp³-hybridized carbons (Fsp3) is 0.316. The summed E-state index contributed by atoms with van der Waals surface area (Å²) in [5.74, 6) is 0. The maximum absolute atomic E-state index is 4.86. The van der Waals surface area contributed by atoms with Crippen molar-refractivity contribution in [1.82, 2.24) is 0 Å². The molecular weight excluding hydrogens is 256 g/mol. The molecule has 21 heavy (non-hydrogen) atoms. The number of anilines is 1. The van der Waals surface area contributed by atoms with Gasteiger partial charge in [-0.2, -0.15) is 0 Å². The molecule has 0 N–H and O–H groups in total. The van der Waals surface area contributed by atoms with E-state index in [4.69, 9.17) is 4.99 Å². The highest BCUT2D eigenvalue weighted by atomic mass is 15.1. The Balaban J connectivity index is 2.47. The standard InChI is InChI=1S/C19H24N2/c1-12-11-19(16(5)15(4)14(12)3)20-18-9-8-17(21(6)7)10-13(18)2/h8-11H,3H2,1-2,4-7H3. The van der Waals surface area contributed by atoms with Crippen LogP contribution < -0.4 is 4.90 Å². The van der Waals surface area contributed by atoms with E-state index in [1.807, 2.05) is 0 Å². The molecule has 0 saturated heterocycles. The Bertz CT molecular complexity index is 686. The lowest BCUT2D eigenvalue weighted by Crippen LogP contribution is -2.09. The molecule has 0 fully saturated rings. The largest absolute Gasteiger partial charge is 0.378 e. The van der Waals surface area contributed by atoms with Crippen LogP contribution in [0.2, 0.25) is 0 Å². The van der Waals surface area contributed by atoms with Crippen LogP contribution in [0, 0.1) is 6.92 Å². The number of hydrogen-bond acceptors (Lipinski definition) is 2. The Morgan fingerprint density at radius 1 is 1.00 bits per heavy atom. The number of rotatable bonds is 2. The molecule has 0 spiro atoms. The van der Waals surface area contributed by atoms with Gasteiger partial charge in [0, 0.05) is 19.8 Å². The van der Waals surface area contributed by atoms with Gasteiger partial charge in [-0.1, -0.05) is 6.58 Å². The SMILES string of the molecule is C=C1C(C)=CC(=Nc2ccc(N(C)C)cc2C)C(C)=C1C. The van der Waals surface area contributed by atoms with Crippen molar-refractivity contribution in [3.05, 3.63) is 58.7 Å². The van der Waals surface area contributed by atoms with E-state index in [2.05, 4.69) is 77.5 Å². The summed E-state index contributed by atoms with van der Waals surface area (Å²) in [6.07, 6.45) is 2.13. The maximum atomic E-state index is 4.86. The summed E-state index contributed by atoms with van der Waals surface area (Å²) in [6, 6.07) is 6.37. The van der Waals surface area contributed by atoms with Crippen LogP contribution >= 0.6 is 0 Å². The summed E-state index contributed by atoms with van der Waals surface area (Å²) >= 11 is 0. The molecule has 1 aromatic carbocycles. The molecule has 0 aromatic heterocycles. The molecule has 1 aliphatic rings. The lowest BCUT2D eigenvalue weighted by molar-refractivity contribution is 1.13. The third-order valence-electron chi connectivity index (χ3n) is 4.17. The van der Waals surface area contributed by atoms with Crippen LogP contribution in [-0.4, -0.2) is 19.8 Å². The maximum Gasteiger partial charge on any atom is 0.0671 e. The number of allylic oxidation sites excluding steroid dienone is 5. The van der Waals surface area contributed by atoms with Crippen molar-refractivity contribution in [1.29, 1.82) is 0 Å². The number of aryl methyl sites for hydroxylation is 1. The van der Waals surface area contributed by atoms with Crippen LogP contribution in [0.5, 0.6) is 0 Å². The highest BCUT2D eigenvalue weighted by Gasteiger charge is 2.14. The van der Waals surface area contributed by atoms with E-state index in [9.17, 15) is 0 Å². The van der Waals surface area contributed by atoms with Crippen molar-refractivity contribution >= 4 is 17.1 Å². The van der Waals surface area contributed by atoms with Crippen LogP contribution in [0.25, 0.3) is 0 Å². The molecule has 0 aliphatic heterocycles. The lowest BCUT2D eigenvalue weighted by Gasteiger charge is -2.19. The highest BCUT2D eigenvalue weighted by Crippen LogP contribution is 2.30. The second kappa shape index (κ2) is 5.72. The van der Waals surface area contributed by atoms with Crippen molar-refractivity contribution in [3.63, 3.8) is 0 Å². The average Bonchev–Trinajstić information content (AvgIpc) is 2.44. The first kappa shape index (κ1) is 15.3. The monoisotopic (exact) mass is 280 g/mol. The Hall–Kier alpha value is -2.09. The van der Waals surface area contributed by atoms with Crippen molar-refractivity contribution in [2.45, 2.75) is 27.7 Å². The minimum Gasteiger partial charge on any atom is -0.378 e. The number of nitrogens with zero attached hydrogens (tertiary/aromatic N) is 2. The molecule has 0 bridgehead atoms. The van der Waals surface area contributed by atoms with Crippen molar-refractivity contribution < 1.29 is 0 Å². The summed E-state index contributed by atoms with van der Waals surface area (Å²) in [6.45, 7) is 12.6. The van der Waals surface area contributed by atoms with E-state index in [0.29, 0.717) is 0 Å². The van der Waals surface area contributed by atoms with Gasteiger partial charge < -0.3 is 4.90 Å². The number of hydrogen-bond donors (Lipinski definition) is 0. The van der Waals surface area contributed by atoms with Gasteiger partial charge in [-0.25, -0.2) is 4.99 Å². The quantitative estimate of drug-likeness (QED) is 0.745. The Labute approximate surface area is 128 Å². The Kier molecular flexibility index (Phi) is 4.17. The molecule has 0 saturated carbocycles. The second-order valence-corrected chi connectivity index (χ2v) is 5.92. The molecule has 1 aliphatic carbocycles. The second-order valence-electron chi connectivity index (χ2n) is 5.92. The van der Waals surface area contributed by atoms with Crippen molar-refractivity contribution in [3.8, 4) is 0 Å². The van der Waals surface area contributed by atoms with Crippen LogP contribution in [0.1, 0.15) is 26.3 Å². The van der Waals surface area contributed by atoms with Crippen molar-refractivity contribution in [2.75, 3.05) is 19.0 Å². The molecule has 0 amide bonds. The van der Waals surface area contributed by atoms with Crippen LogP contribution in [0.15, 0.2) is 58.1 Å². The molecule has 1 aromatic rings. The van der Waals surface area contributed by atoms with E-state index in [1.165, 1.54) is 28.0 Å². The first-order chi connectivity index (χ1) is 9.81. The number of aliphatic imine (C=N–C) groups is 1. The third kappa shape index (κ3) is 2.99. The summed E-state index contributed by atoms with van der Waals surface area (Å²) in [5, 5.41) is 0. The van der Waals surface area contributed by atoms with E-state index in [0.717, 1.165) is 17.0 Å². The lowest BCUT2D eigenvalue weighted by atomic mass is 9.89. The van der Waals surface area contributed by atoms with E-state index in [-0.39, 0.29) is 0 Å². The normalized spacial score (nSPS) is 17.3. The molecule has 0 heterocycles. The zero-order valence-electron chi connectivity index (χ0n) is 13.9. The van der Waals surface area contributed by atoms with Gasteiger partial charge in [-0.3, -0.25) is 0 Å². The first-order valence-corrected chi connectivity index (χ1v) is 7.23. The molecule has 0 radical (unpaired) electrons. The minimum atomic E-state index is 1.03. The molecule has 2 nitrogen and oxygen atoms in total. The number of benzene rings is 1. The highest BCUT2D eigenvalue weighted by molar-refractivity contribution is 6.12. The zero-order chi connectivity index (χ0) is 15.7. The predicted molar refractivity (Wildman–Crippen MR) is 93.9 cm³/mol. The van der Waals surface area contributed by atoms with Gasteiger partial charge in [0.2, 0.25) is 0 Å². The molecular formula is C19H24N2. The summed E-state index contributed by atoms with van der Waals surface area (Å²) in [7, 11) is 4.10. The van der Waals surface area contributed by atoms with Crippen LogP contribution in [0.4, 0.5) is 11.4 Å². The smallest absolute Gasteiger partial charge is 0.0671 e. The predicted octanol–water partition coefficient (Wildman–Crippen LogP) is 4.99. The van der Waals surface area contributed by atoms with Gasteiger partial charge in [0.05, 0.1) is 11.4 Å². The zero-order valence-corrected chi connectivity index (χ0v) is 13.9. The van der Waals surface area contributed by atoms with Gasteiger partial charge in [0.15, 0.2) is 0 Å². The fourth-order valence-electron chi connectivity index (χ4n) is 2.40. The molecule has 0 atom stereocenters. The fourth-order valence-corrected chi connectivity index (χ4v) is 2.40. The summed E-state index contributed by atoms with van der Waals surface area (Å²) < 4.78 is 0. The summed E-state index contributed by atoms with van der Waals surface area (Å²) in [5.41, 5.74) is 9.21. The topological polar surface area (TPSA) is 15.6 Å². The van der Waals surface area contributed by atoms with Crippen LogP contribution in [0.3, 0.4) is 0 Å². The minimum absolute atomic E-state index is 1.03. The molecule has 2 heteroatoms. The third-order valence-corrected chi connectivity index (χ3v) is 4.17. The van der Waals surface area contributed by atoms with Gasteiger partial charge in [0.1, 0.15) is 0 Å². The van der Waals surface area contributed by atoms with Crippen molar-refractivity contribution in [2.24, 2.45) is 4.99 Å². The van der Waals surface area contributed by atoms with Gasteiger partial charge in [-0.15, -0.1) is 0 Å². The van der Waals surface area contributed by atoms with Gasteiger partial charge in [0.25, 0.3) is 0 Å². The van der Waals surface area contributed by atoms with Crippen LogP contribution in [-0.2, 0) is 0 Å². The summed E-state index contributed by atoms with van der Waals surface area (Å²) in [4.78, 5) is 6.96. The van der Waals surface area contributed by atoms with E-state index in [1.54, 1.807) is 0 Å². The van der Waals surface area contributed by atoms with Gasteiger partial charge >= 0.3 is 0 Å². The molecule has 0 unspecified atom stereocenters. The van der Waals surface area contributed by atoms with Gasteiger partial charge in [-0.05, 0) is 79.8 Å². The Morgan fingerprint density at radius 2 is 1.67 bits per heavy atom. The Morgan fingerprint density at radius 3 is 2.24 bits per heavy atom. The average molecular weight is 280 g/mol. The molecule has 110 valence electrons.